The van der Waals surface area contributed by atoms with Gasteiger partial charge < -0.3 is 19.7 Å². The van der Waals surface area contributed by atoms with Crippen molar-refractivity contribution >= 4 is 23.1 Å². The lowest BCUT2D eigenvalue weighted by molar-refractivity contribution is -0.137. The van der Waals surface area contributed by atoms with Crippen LogP contribution >= 0.6 is 0 Å². The number of aliphatic hydroxyl groups excluding tert-OH is 2. The maximum absolute atomic E-state index is 13.8. The summed E-state index contributed by atoms with van der Waals surface area (Å²) in [5, 5.41) is 32.8. The third-order valence-electron chi connectivity index (χ3n) is 8.78. The van der Waals surface area contributed by atoms with Crippen molar-refractivity contribution in [3.05, 3.63) is 46.9 Å². The number of phenolic OH excluding ortho intramolecular Hbond substituents is 1. The van der Waals surface area contributed by atoms with Gasteiger partial charge in [0.05, 0.1) is 30.4 Å². The van der Waals surface area contributed by atoms with Crippen LogP contribution in [0.2, 0.25) is 0 Å². The first-order chi connectivity index (χ1) is 18.3. The number of aromatic hydroxyl groups is 1. The van der Waals surface area contributed by atoms with Gasteiger partial charge in [0.1, 0.15) is 17.3 Å². The van der Waals surface area contributed by atoms with Crippen molar-refractivity contribution in [1.82, 2.24) is 0 Å². The molecule has 1 aromatic carbocycles. The highest BCUT2D eigenvalue weighted by molar-refractivity contribution is 6.17. The van der Waals surface area contributed by atoms with Crippen molar-refractivity contribution in [2.45, 2.75) is 71.1 Å². The van der Waals surface area contributed by atoms with Crippen molar-refractivity contribution < 1.29 is 34.1 Å². The minimum Gasteiger partial charge on any atom is -0.507 e. The zero-order valence-electron chi connectivity index (χ0n) is 21.9. The molecule has 0 saturated heterocycles. The van der Waals surface area contributed by atoms with Gasteiger partial charge in [-0.25, -0.2) is 0 Å². The van der Waals surface area contributed by atoms with E-state index in [4.69, 9.17) is 4.42 Å². The van der Waals surface area contributed by atoms with Crippen molar-refractivity contribution in [1.29, 1.82) is 0 Å². The SMILES string of the molecule is CC(=O)CC(=O)C1C(=O)C2=C(O)c3c(O)c(CC4CCCCC4)cc(-c4ccoc4)c3CC2CC1CCO. The number of Topliss-reactive ketones (excluding diaryl/α,β-unsaturated/α-hetero) is 3. The molecule has 7 heteroatoms. The Morgan fingerprint density at radius 1 is 1.13 bits per heavy atom. The van der Waals surface area contributed by atoms with Crippen molar-refractivity contribution in [2.75, 3.05) is 6.61 Å². The molecule has 0 aliphatic heterocycles. The summed E-state index contributed by atoms with van der Waals surface area (Å²) in [5.41, 5.74) is 3.63. The molecule has 0 spiro atoms. The molecule has 1 heterocycles. The lowest BCUT2D eigenvalue weighted by Gasteiger charge is -2.39. The van der Waals surface area contributed by atoms with E-state index in [1.54, 1.807) is 12.5 Å². The van der Waals surface area contributed by atoms with Crippen molar-refractivity contribution in [2.24, 2.45) is 23.7 Å². The van der Waals surface area contributed by atoms with E-state index in [0.29, 0.717) is 25.2 Å². The van der Waals surface area contributed by atoms with Gasteiger partial charge in [0.25, 0.3) is 0 Å². The Balaban J connectivity index is 1.63. The molecule has 0 radical (unpaired) electrons. The monoisotopic (exact) mass is 520 g/mol. The number of furan rings is 1. The van der Waals surface area contributed by atoms with E-state index in [1.807, 2.05) is 12.1 Å². The van der Waals surface area contributed by atoms with Gasteiger partial charge in [0.2, 0.25) is 0 Å². The molecule has 3 N–H and O–H groups in total. The lowest BCUT2D eigenvalue weighted by atomic mass is 9.63. The molecule has 3 aliphatic carbocycles. The molecule has 3 aliphatic rings. The van der Waals surface area contributed by atoms with Crippen molar-refractivity contribution in [3.63, 3.8) is 0 Å². The average molecular weight is 521 g/mol. The Bertz CT molecular complexity index is 1260. The standard InChI is InChI=1S/C31H36O7/c1-17(33)11-25(34)26-19(7-9-32)13-21-14-24-23(20-8-10-38-16-20)15-22(12-18-5-3-2-4-6-18)29(35)28(24)31(37)27(21)30(26)36/h8,10,15-16,18-19,21,26,32,35,37H,2-7,9,11-14H2,1H3. The second-order valence-corrected chi connectivity index (χ2v) is 11.4. The topological polar surface area (TPSA) is 125 Å². The van der Waals surface area contributed by atoms with Crippen LogP contribution in [0.4, 0.5) is 0 Å². The highest BCUT2D eigenvalue weighted by Crippen LogP contribution is 2.50. The first kappa shape index (κ1) is 26.4. The fraction of sp³-hybridized carbons (Fsp3) is 0.516. The molecule has 0 amide bonds. The number of carbonyl (C=O) groups is 3. The molecule has 2 aromatic rings. The molecule has 38 heavy (non-hydrogen) atoms. The summed E-state index contributed by atoms with van der Waals surface area (Å²) >= 11 is 0. The number of phenols is 1. The first-order valence-corrected chi connectivity index (χ1v) is 13.8. The van der Waals surface area contributed by atoms with E-state index >= 15 is 0 Å². The van der Waals surface area contributed by atoms with Crippen LogP contribution in [0.25, 0.3) is 16.9 Å². The van der Waals surface area contributed by atoms with E-state index in [1.165, 1.54) is 26.2 Å². The van der Waals surface area contributed by atoms with E-state index in [0.717, 1.165) is 35.1 Å². The molecule has 2 saturated carbocycles. The van der Waals surface area contributed by atoms with Crippen LogP contribution in [-0.2, 0) is 27.2 Å². The maximum atomic E-state index is 13.8. The highest BCUT2D eigenvalue weighted by Gasteiger charge is 2.47. The van der Waals surface area contributed by atoms with Crippen LogP contribution in [0.3, 0.4) is 0 Å². The van der Waals surface area contributed by atoms with Crippen LogP contribution < -0.4 is 0 Å². The van der Waals surface area contributed by atoms with Crippen LogP contribution in [0.5, 0.6) is 5.75 Å². The molecule has 5 rings (SSSR count). The molecule has 2 fully saturated rings. The number of benzene rings is 1. The Kier molecular flexibility index (Phi) is 7.57. The second-order valence-electron chi connectivity index (χ2n) is 11.4. The Morgan fingerprint density at radius 2 is 1.89 bits per heavy atom. The largest absolute Gasteiger partial charge is 0.507 e. The molecule has 1 aromatic heterocycles. The smallest absolute Gasteiger partial charge is 0.173 e. The summed E-state index contributed by atoms with van der Waals surface area (Å²) in [6, 6.07) is 3.85. The third kappa shape index (κ3) is 4.84. The van der Waals surface area contributed by atoms with Crippen LogP contribution in [0.15, 0.2) is 34.6 Å². The van der Waals surface area contributed by atoms with E-state index in [-0.39, 0.29) is 53.8 Å². The molecular formula is C31H36O7. The van der Waals surface area contributed by atoms with Crippen LogP contribution in [0.1, 0.15) is 75.0 Å². The van der Waals surface area contributed by atoms with E-state index in [9.17, 15) is 29.7 Å². The van der Waals surface area contributed by atoms with Gasteiger partial charge in [-0.1, -0.05) is 32.1 Å². The number of hydrogen-bond acceptors (Lipinski definition) is 7. The first-order valence-electron chi connectivity index (χ1n) is 13.8. The minimum absolute atomic E-state index is 0.00170. The third-order valence-corrected chi connectivity index (χ3v) is 8.78. The van der Waals surface area contributed by atoms with Crippen LogP contribution in [0, 0.1) is 23.7 Å². The summed E-state index contributed by atoms with van der Waals surface area (Å²) in [4.78, 5) is 38.5. The normalized spacial score (nSPS) is 23.7. The summed E-state index contributed by atoms with van der Waals surface area (Å²) in [6.07, 6.45) is 10.4. The van der Waals surface area contributed by atoms with Gasteiger partial charge in [-0.15, -0.1) is 0 Å². The summed E-state index contributed by atoms with van der Waals surface area (Å²) in [6.45, 7) is 1.13. The van der Waals surface area contributed by atoms with Gasteiger partial charge in [0, 0.05) is 17.7 Å². The van der Waals surface area contributed by atoms with Gasteiger partial charge in [0.15, 0.2) is 11.6 Å². The molecule has 7 nitrogen and oxygen atoms in total. The molecule has 3 atom stereocenters. The Morgan fingerprint density at radius 3 is 2.55 bits per heavy atom. The van der Waals surface area contributed by atoms with Crippen molar-refractivity contribution in [3.8, 4) is 16.9 Å². The number of hydrogen-bond donors (Lipinski definition) is 3. The molecule has 202 valence electrons. The zero-order chi connectivity index (χ0) is 27.0. The average Bonchev–Trinajstić information content (AvgIpc) is 3.40. The number of ketones is 3. The minimum atomic E-state index is -1.08. The Labute approximate surface area is 222 Å². The number of carbonyl (C=O) groups excluding carboxylic acids is 3. The zero-order valence-corrected chi connectivity index (χ0v) is 21.9. The van der Waals surface area contributed by atoms with Gasteiger partial charge in [-0.2, -0.15) is 0 Å². The fourth-order valence-electron chi connectivity index (χ4n) is 7.06. The number of aliphatic hydroxyl groups is 2. The van der Waals surface area contributed by atoms with Gasteiger partial charge in [-0.05, 0) is 79.2 Å². The Hall–Kier alpha value is -3.19. The molecule has 0 bridgehead atoms. The fourth-order valence-corrected chi connectivity index (χ4v) is 7.06. The lowest BCUT2D eigenvalue weighted by Crippen LogP contribution is -2.43. The predicted octanol–water partition coefficient (Wildman–Crippen LogP) is 5.35. The molecule has 3 unspecified atom stereocenters. The second kappa shape index (κ2) is 10.9. The van der Waals surface area contributed by atoms with Crippen LogP contribution in [-0.4, -0.2) is 39.3 Å². The van der Waals surface area contributed by atoms with E-state index < -0.39 is 23.4 Å². The maximum Gasteiger partial charge on any atom is 0.173 e. The summed E-state index contributed by atoms with van der Waals surface area (Å²) < 4.78 is 5.37. The molecular weight excluding hydrogens is 484 g/mol. The highest BCUT2D eigenvalue weighted by atomic mass is 16.3. The number of fused-ring (bicyclic) bond motifs is 2. The summed E-state index contributed by atoms with van der Waals surface area (Å²) in [5.74, 6) is -2.97. The van der Waals surface area contributed by atoms with Gasteiger partial charge >= 0.3 is 0 Å². The van der Waals surface area contributed by atoms with Gasteiger partial charge in [-0.3, -0.25) is 14.4 Å². The van der Waals surface area contributed by atoms with E-state index in [2.05, 4.69) is 0 Å². The summed E-state index contributed by atoms with van der Waals surface area (Å²) in [7, 11) is 0. The predicted molar refractivity (Wildman–Crippen MR) is 141 cm³/mol. The number of rotatable bonds is 8. The number of allylic oxidation sites excluding steroid dienone is 1. The quantitative estimate of drug-likeness (QED) is 0.401.